The van der Waals surface area contributed by atoms with Crippen molar-refractivity contribution in [2.24, 2.45) is 0 Å². The third kappa shape index (κ3) is 4.77. The minimum absolute atomic E-state index is 0.0776. The number of nitrogens with two attached hydrogens (primary N) is 1. The number of amides is 1. The highest BCUT2D eigenvalue weighted by atomic mass is 19.2. The molecule has 0 atom stereocenters. The average molecular weight is 425 g/mol. The molecule has 1 aromatic heterocycles. The number of hydrogen-bond acceptors (Lipinski definition) is 6. The van der Waals surface area contributed by atoms with Crippen LogP contribution in [0.15, 0.2) is 42.6 Å². The lowest BCUT2D eigenvalue weighted by Crippen LogP contribution is -2.24. The number of halogens is 2. The number of fused-ring (bicyclic) bond motifs is 9. The van der Waals surface area contributed by atoms with Gasteiger partial charge in [0.25, 0.3) is 5.91 Å². The second kappa shape index (κ2) is 9.05. The van der Waals surface area contributed by atoms with Crippen molar-refractivity contribution < 1.29 is 18.3 Å². The quantitative estimate of drug-likeness (QED) is 0.474. The molecule has 9 heteroatoms. The van der Waals surface area contributed by atoms with Gasteiger partial charge >= 0.3 is 0 Å². The van der Waals surface area contributed by atoms with Gasteiger partial charge in [-0.15, -0.1) is 0 Å². The minimum Gasteiger partial charge on any atom is -0.398 e. The second-order valence-corrected chi connectivity index (χ2v) is 7.14. The zero-order valence-electron chi connectivity index (χ0n) is 16.6. The van der Waals surface area contributed by atoms with Crippen molar-refractivity contribution in [1.82, 2.24) is 15.3 Å². The predicted octanol–water partition coefficient (Wildman–Crippen LogP) is 3.79. The summed E-state index contributed by atoms with van der Waals surface area (Å²) in [5.41, 5.74) is 8.53. The van der Waals surface area contributed by atoms with Gasteiger partial charge < -0.3 is 21.1 Å². The molecule has 2 aliphatic heterocycles. The summed E-state index contributed by atoms with van der Waals surface area (Å²) in [6, 6.07) is 9.16. The number of nitrogen functional groups attached to an aromatic ring is 1. The zero-order chi connectivity index (χ0) is 21.8. The summed E-state index contributed by atoms with van der Waals surface area (Å²) in [6.07, 6.45) is 2.86. The monoisotopic (exact) mass is 425 g/mol. The molecule has 3 aromatic rings. The van der Waals surface area contributed by atoms with Gasteiger partial charge in [-0.1, -0.05) is 0 Å². The first kappa shape index (κ1) is 20.7. The van der Waals surface area contributed by atoms with Gasteiger partial charge in [0.2, 0.25) is 5.95 Å². The molecule has 7 nitrogen and oxygen atoms in total. The fraction of sp³-hybridized carbons (Fsp3) is 0.227. The number of carbonyl (C=O) groups is 1. The normalized spacial score (nSPS) is 14.7. The van der Waals surface area contributed by atoms with Crippen LogP contribution < -0.4 is 16.4 Å². The number of ether oxygens (including phenoxy) is 1. The molecule has 5 rings (SSSR count). The highest BCUT2D eigenvalue weighted by Crippen LogP contribution is 2.27. The Morgan fingerprint density at radius 2 is 1.97 bits per heavy atom. The number of nitrogens with one attached hydrogen (secondary N) is 2. The van der Waals surface area contributed by atoms with Crippen LogP contribution in [0.4, 0.5) is 26.1 Å². The van der Waals surface area contributed by atoms with Gasteiger partial charge in [-0.25, -0.2) is 18.7 Å². The SMILES string of the molecule is Nc1cc2ccc1-c1ccnc(n1)Nc1cc(F)c(F)c(c1)COCCCCNC2=O. The lowest BCUT2D eigenvalue weighted by atomic mass is 10.1. The molecular weight excluding hydrogens is 404 g/mol. The van der Waals surface area contributed by atoms with E-state index in [1.807, 2.05) is 0 Å². The molecule has 2 aromatic carbocycles. The van der Waals surface area contributed by atoms with Crippen molar-refractivity contribution in [1.29, 1.82) is 0 Å². The van der Waals surface area contributed by atoms with Gasteiger partial charge in [0.15, 0.2) is 11.6 Å². The summed E-state index contributed by atoms with van der Waals surface area (Å²) in [5.74, 6) is -1.98. The van der Waals surface area contributed by atoms with E-state index >= 15 is 0 Å². The molecule has 0 aliphatic carbocycles. The molecule has 0 spiro atoms. The van der Waals surface area contributed by atoms with Crippen LogP contribution >= 0.6 is 0 Å². The van der Waals surface area contributed by atoms with Crippen LogP contribution in [0, 0.1) is 11.6 Å². The van der Waals surface area contributed by atoms with Gasteiger partial charge in [0.1, 0.15) is 0 Å². The number of aromatic nitrogens is 2. The number of anilines is 3. The van der Waals surface area contributed by atoms with Crippen LogP contribution in [-0.4, -0.2) is 29.0 Å². The maximum Gasteiger partial charge on any atom is 0.251 e. The number of carbonyl (C=O) groups excluding carboxylic acids is 1. The Bertz CT molecular complexity index is 1120. The van der Waals surface area contributed by atoms with Crippen molar-refractivity contribution in [3.8, 4) is 11.3 Å². The molecule has 0 radical (unpaired) electrons. The highest BCUT2D eigenvalue weighted by molar-refractivity contribution is 5.96. The lowest BCUT2D eigenvalue weighted by molar-refractivity contribution is 0.0945. The third-order valence-corrected chi connectivity index (χ3v) is 4.86. The molecule has 31 heavy (non-hydrogen) atoms. The maximum atomic E-state index is 14.2. The molecule has 0 saturated carbocycles. The molecule has 0 saturated heterocycles. The molecule has 6 bridgehead atoms. The maximum absolute atomic E-state index is 14.2. The fourth-order valence-electron chi connectivity index (χ4n) is 3.27. The van der Waals surface area contributed by atoms with E-state index in [9.17, 15) is 13.6 Å². The van der Waals surface area contributed by atoms with Crippen LogP contribution in [0.1, 0.15) is 28.8 Å². The van der Waals surface area contributed by atoms with Crippen LogP contribution in [0.25, 0.3) is 11.3 Å². The lowest BCUT2D eigenvalue weighted by Gasteiger charge is -2.11. The van der Waals surface area contributed by atoms with Gasteiger partial charge in [0.05, 0.1) is 12.3 Å². The molecule has 0 fully saturated rings. The van der Waals surface area contributed by atoms with Crippen LogP contribution in [-0.2, 0) is 11.3 Å². The van der Waals surface area contributed by atoms with Gasteiger partial charge in [0, 0.05) is 53.5 Å². The summed E-state index contributed by atoms with van der Waals surface area (Å²) >= 11 is 0. The first-order chi connectivity index (χ1) is 15.0. The number of benzene rings is 2. The van der Waals surface area contributed by atoms with Gasteiger partial charge in [-0.2, -0.15) is 0 Å². The van der Waals surface area contributed by atoms with Crippen molar-refractivity contribution >= 4 is 23.2 Å². The van der Waals surface area contributed by atoms with E-state index in [-0.39, 0.29) is 24.0 Å². The zero-order valence-corrected chi connectivity index (χ0v) is 16.6. The summed E-state index contributed by atoms with van der Waals surface area (Å²) in [5, 5.41) is 5.73. The highest BCUT2D eigenvalue weighted by Gasteiger charge is 2.14. The topological polar surface area (TPSA) is 102 Å². The Balaban J connectivity index is 1.71. The van der Waals surface area contributed by atoms with E-state index in [0.29, 0.717) is 54.2 Å². The van der Waals surface area contributed by atoms with E-state index in [1.165, 1.54) is 12.3 Å². The van der Waals surface area contributed by atoms with E-state index in [0.717, 1.165) is 6.07 Å². The summed E-state index contributed by atoms with van der Waals surface area (Å²) < 4.78 is 33.7. The summed E-state index contributed by atoms with van der Waals surface area (Å²) in [7, 11) is 0. The molecule has 1 amide bonds. The number of rotatable bonds is 0. The van der Waals surface area contributed by atoms with Gasteiger partial charge in [-0.05, 0) is 43.2 Å². The average Bonchev–Trinajstić information content (AvgIpc) is 2.75. The second-order valence-electron chi connectivity index (χ2n) is 7.14. The van der Waals surface area contributed by atoms with Crippen LogP contribution in [0.5, 0.6) is 0 Å². The van der Waals surface area contributed by atoms with Crippen molar-refractivity contribution in [2.45, 2.75) is 19.4 Å². The summed E-state index contributed by atoms with van der Waals surface area (Å²) in [4.78, 5) is 20.9. The van der Waals surface area contributed by atoms with Crippen molar-refractivity contribution in [3.63, 3.8) is 0 Å². The van der Waals surface area contributed by atoms with Crippen LogP contribution in [0.3, 0.4) is 0 Å². The van der Waals surface area contributed by atoms with Crippen molar-refractivity contribution in [3.05, 3.63) is 65.4 Å². The Hall–Kier alpha value is -3.59. The molecule has 2 aliphatic rings. The largest absolute Gasteiger partial charge is 0.398 e. The van der Waals surface area contributed by atoms with Crippen molar-refractivity contribution in [2.75, 3.05) is 24.2 Å². The van der Waals surface area contributed by atoms with E-state index in [2.05, 4.69) is 20.6 Å². The Labute approximate surface area is 177 Å². The molecular formula is C22H21F2N5O2. The first-order valence-corrected chi connectivity index (χ1v) is 9.85. The third-order valence-electron chi connectivity index (χ3n) is 4.86. The Kier molecular flexibility index (Phi) is 6.03. The molecule has 0 unspecified atom stereocenters. The van der Waals surface area contributed by atoms with Crippen LogP contribution in [0.2, 0.25) is 0 Å². The number of hydrogen-bond donors (Lipinski definition) is 3. The van der Waals surface area contributed by atoms with E-state index in [4.69, 9.17) is 10.5 Å². The fourth-order valence-corrected chi connectivity index (χ4v) is 3.27. The van der Waals surface area contributed by atoms with E-state index in [1.54, 1.807) is 24.3 Å². The Morgan fingerprint density at radius 1 is 1.10 bits per heavy atom. The summed E-state index contributed by atoms with van der Waals surface area (Å²) in [6.45, 7) is 0.731. The van der Waals surface area contributed by atoms with E-state index < -0.39 is 11.6 Å². The molecule has 160 valence electrons. The molecule has 4 N–H and O–H groups in total. The number of nitrogens with zero attached hydrogens (tertiary/aromatic N) is 2. The Morgan fingerprint density at radius 3 is 2.81 bits per heavy atom. The standard InChI is InChI=1S/C22H21F2N5O2/c23-17-11-15-9-14(20(17)24)12-31-8-2-1-6-26-21(30)13-3-4-16(18(25)10-13)19-5-7-27-22(28-15)29-19/h3-5,7,9-11H,1-2,6,8,12,25H2,(H,26,30)(H,27,28,29). The molecule has 3 heterocycles. The predicted molar refractivity (Wildman–Crippen MR) is 113 cm³/mol. The van der Waals surface area contributed by atoms with Gasteiger partial charge in [-0.3, -0.25) is 4.79 Å². The smallest absolute Gasteiger partial charge is 0.251 e. The first-order valence-electron chi connectivity index (χ1n) is 9.85. The minimum atomic E-state index is -0.992.